The van der Waals surface area contributed by atoms with Gasteiger partial charge in [-0.25, -0.2) is 0 Å². The maximum atomic E-state index is 12.2. The Hall–Kier alpha value is -2.61. The zero-order valence-corrected chi connectivity index (χ0v) is 19.4. The van der Waals surface area contributed by atoms with Crippen molar-refractivity contribution in [2.75, 3.05) is 99.3 Å². The van der Waals surface area contributed by atoms with Gasteiger partial charge in [-0.15, -0.1) is 0 Å². The highest BCUT2D eigenvalue weighted by molar-refractivity contribution is 5.80. The van der Waals surface area contributed by atoms with Crippen LogP contribution in [0, 0.1) is 0 Å². The van der Waals surface area contributed by atoms with Crippen LogP contribution in [-0.2, 0) is 33.4 Å². The fourth-order valence-electron chi connectivity index (χ4n) is 3.31. The van der Waals surface area contributed by atoms with Crippen molar-refractivity contribution in [1.29, 1.82) is 0 Å². The number of esters is 2. The van der Waals surface area contributed by atoms with E-state index in [1.807, 2.05) is 14.7 Å². The number of aldehydes is 1. The topological polar surface area (TPSA) is 149 Å². The molecule has 1 rings (SSSR count). The molecule has 0 spiro atoms. The largest absolute Gasteiger partial charge is 0.480 e. The second-order valence-corrected chi connectivity index (χ2v) is 7.62. The first-order valence-electron chi connectivity index (χ1n) is 10.7. The SMILES string of the molecule is COC(=O)CN1CCN(CC(=O)O)CCN(CC(=O)OC)CCN(CC(=O)NCC=O)CC1. The van der Waals surface area contributed by atoms with Gasteiger partial charge in [-0.2, -0.15) is 0 Å². The molecular weight excluding hydrogens is 438 g/mol. The minimum atomic E-state index is -0.964. The van der Waals surface area contributed by atoms with Gasteiger partial charge >= 0.3 is 17.9 Å². The molecule has 1 aliphatic heterocycles. The van der Waals surface area contributed by atoms with Gasteiger partial charge in [0.25, 0.3) is 0 Å². The summed E-state index contributed by atoms with van der Waals surface area (Å²) in [5.41, 5.74) is 0. The molecule has 1 saturated heterocycles. The van der Waals surface area contributed by atoms with E-state index in [9.17, 15) is 29.1 Å². The van der Waals surface area contributed by atoms with E-state index >= 15 is 0 Å². The molecule has 0 unspecified atom stereocenters. The van der Waals surface area contributed by atoms with Crippen molar-refractivity contribution < 1.29 is 38.6 Å². The first-order valence-corrected chi connectivity index (χ1v) is 10.7. The highest BCUT2D eigenvalue weighted by Crippen LogP contribution is 2.02. The molecule has 0 aromatic carbocycles. The summed E-state index contributed by atoms with van der Waals surface area (Å²) in [7, 11) is 2.60. The molecule has 0 bridgehead atoms. The van der Waals surface area contributed by atoms with Gasteiger partial charge in [-0.05, 0) is 0 Å². The van der Waals surface area contributed by atoms with E-state index in [-0.39, 0.29) is 38.6 Å². The van der Waals surface area contributed by atoms with Gasteiger partial charge in [-0.3, -0.25) is 38.8 Å². The molecule has 0 atom stereocenters. The lowest BCUT2D eigenvalue weighted by Crippen LogP contribution is -2.50. The fourth-order valence-corrected chi connectivity index (χ4v) is 3.31. The zero-order chi connectivity index (χ0) is 24.6. The van der Waals surface area contributed by atoms with E-state index in [1.54, 1.807) is 4.90 Å². The molecule has 0 aromatic heterocycles. The number of carboxylic acid groups (broad SMARTS) is 1. The van der Waals surface area contributed by atoms with Crippen LogP contribution in [0.1, 0.15) is 0 Å². The van der Waals surface area contributed by atoms with Crippen molar-refractivity contribution >= 4 is 30.1 Å². The first-order chi connectivity index (χ1) is 15.8. The van der Waals surface area contributed by atoms with Crippen LogP contribution in [0.5, 0.6) is 0 Å². The Bertz CT molecular complexity index is 628. The predicted molar refractivity (Wildman–Crippen MR) is 117 cm³/mol. The van der Waals surface area contributed by atoms with Crippen molar-refractivity contribution in [2.24, 2.45) is 0 Å². The van der Waals surface area contributed by atoms with E-state index in [1.165, 1.54) is 14.2 Å². The third-order valence-electron chi connectivity index (χ3n) is 5.20. The second kappa shape index (κ2) is 16.1. The molecule has 13 nitrogen and oxygen atoms in total. The molecule has 188 valence electrons. The number of hydrogen-bond acceptors (Lipinski definition) is 11. The Morgan fingerprint density at radius 2 is 1.09 bits per heavy atom. The van der Waals surface area contributed by atoms with E-state index in [4.69, 9.17) is 9.47 Å². The first kappa shape index (κ1) is 28.4. The number of methoxy groups -OCH3 is 2. The molecule has 0 saturated carbocycles. The number of carbonyl (C=O) groups excluding carboxylic acids is 4. The highest BCUT2D eigenvalue weighted by Gasteiger charge is 2.21. The highest BCUT2D eigenvalue weighted by atomic mass is 16.5. The van der Waals surface area contributed by atoms with Crippen LogP contribution in [0.4, 0.5) is 0 Å². The number of rotatable bonds is 10. The summed E-state index contributed by atoms with van der Waals surface area (Å²) in [5.74, 6) is -2.09. The van der Waals surface area contributed by atoms with Crippen molar-refractivity contribution in [3.05, 3.63) is 0 Å². The van der Waals surface area contributed by atoms with Gasteiger partial charge in [0, 0.05) is 52.4 Å². The van der Waals surface area contributed by atoms with Gasteiger partial charge in [0.15, 0.2) is 0 Å². The van der Waals surface area contributed by atoms with Crippen LogP contribution < -0.4 is 5.32 Å². The molecule has 2 N–H and O–H groups in total. The number of carbonyl (C=O) groups is 5. The molecular formula is C20H35N5O8. The quantitative estimate of drug-likeness (QED) is 0.245. The van der Waals surface area contributed by atoms with Gasteiger partial charge in [0.2, 0.25) is 5.91 Å². The second-order valence-electron chi connectivity index (χ2n) is 7.62. The summed E-state index contributed by atoms with van der Waals surface area (Å²) in [4.78, 5) is 65.0. The van der Waals surface area contributed by atoms with Gasteiger partial charge < -0.3 is 24.7 Å². The van der Waals surface area contributed by atoms with Crippen molar-refractivity contribution in [3.63, 3.8) is 0 Å². The fraction of sp³-hybridized carbons (Fsp3) is 0.750. The number of nitrogens with one attached hydrogen (secondary N) is 1. The number of nitrogens with zero attached hydrogens (tertiary/aromatic N) is 4. The van der Waals surface area contributed by atoms with Crippen LogP contribution in [0.25, 0.3) is 0 Å². The molecule has 1 amide bonds. The van der Waals surface area contributed by atoms with Crippen LogP contribution >= 0.6 is 0 Å². The number of hydrogen-bond donors (Lipinski definition) is 2. The monoisotopic (exact) mass is 473 g/mol. The molecule has 1 fully saturated rings. The lowest BCUT2D eigenvalue weighted by Gasteiger charge is -2.33. The summed E-state index contributed by atoms with van der Waals surface area (Å²) in [6.07, 6.45) is 0.604. The van der Waals surface area contributed by atoms with Crippen molar-refractivity contribution in [3.8, 4) is 0 Å². The normalized spacial score (nSPS) is 17.9. The Balaban J connectivity index is 2.97. The third-order valence-corrected chi connectivity index (χ3v) is 5.20. The third kappa shape index (κ3) is 12.9. The molecule has 0 aliphatic carbocycles. The molecule has 0 aromatic rings. The number of carboxylic acids is 1. The predicted octanol–water partition coefficient (Wildman–Crippen LogP) is -3.05. The average molecular weight is 474 g/mol. The molecule has 13 heteroatoms. The smallest absolute Gasteiger partial charge is 0.319 e. The molecule has 1 aliphatic rings. The summed E-state index contributed by atoms with van der Waals surface area (Å²) in [6.45, 7) is 3.29. The zero-order valence-electron chi connectivity index (χ0n) is 19.4. The van der Waals surface area contributed by atoms with Crippen LogP contribution in [0.15, 0.2) is 0 Å². The number of amides is 1. The lowest BCUT2D eigenvalue weighted by molar-refractivity contribution is -0.143. The van der Waals surface area contributed by atoms with Crippen LogP contribution in [-0.4, -0.2) is 154 Å². The Morgan fingerprint density at radius 3 is 1.42 bits per heavy atom. The average Bonchev–Trinajstić information content (AvgIpc) is 2.78. The van der Waals surface area contributed by atoms with E-state index in [2.05, 4.69) is 5.32 Å². The van der Waals surface area contributed by atoms with Crippen LogP contribution in [0.3, 0.4) is 0 Å². The van der Waals surface area contributed by atoms with Gasteiger partial charge in [0.1, 0.15) is 6.29 Å². The Kier molecular flexibility index (Phi) is 13.8. The Morgan fingerprint density at radius 1 is 0.727 bits per heavy atom. The maximum Gasteiger partial charge on any atom is 0.319 e. The van der Waals surface area contributed by atoms with Crippen molar-refractivity contribution in [1.82, 2.24) is 24.9 Å². The summed E-state index contributed by atoms with van der Waals surface area (Å²) in [5, 5.41) is 11.8. The minimum absolute atomic E-state index is 0.0387. The molecule has 33 heavy (non-hydrogen) atoms. The summed E-state index contributed by atoms with van der Waals surface area (Å²) >= 11 is 0. The van der Waals surface area contributed by atoms with Crippen molar-refractivity contribution in [2.45, 2.75) is 0 Å². The molecule has 1 heterocycles. The number of ether oxygens (including phenoxy) is 2. The van der Waals surface area contributed by atoms with E-state index in [0.29, 0.717) is 58.6 Å². The Labute approximate surface area is 193 Å². The standard InChI is InChI=1S/C20H35N5O8/c1-32-19(30)15-24-8-4-22(13-17(27)21-3-12-26)5-9-25(16-20(31)33-2)11-7-23(6-10-24)14-18(28)29/h12H,3-11,13-16H2,1-2H3,(H,21,27)(H,28,29). The van der Waals surface area contributed by atoms with Crippen LogP contribution in [0.2, 0.25) is 0 Å². The van der Waals surface area contributed by atoms with Gasteiger partial charge in [0.05, 0.1) is 46.9 Å². The lowest BCUT2D eigenvalue weighted by atomic mass is 10.3. The maximum absolute atomic E-state index is 12.2. The van der Waals surface area contributed by atoms with E-state index < -0.39 is 17.9 Å². The minimum Gasteiger partial charge on any atom is -0.480 e. The summed E-state index contributed by atoms with van der Waals surface area (Å²) in [6, 6.07) is 0. The van der Waals surface area contributed by atoms with Gasteiger partial charge in [-0.1, -0.05) is 0 Å². The summed E-state index contributed by atoms with van der Waals surface area (Å²) < 4.78 is 9.53. The van der Waals surface area contributed by atoms with E-state index in [0.717, 1.165) is 0 Å². The molecule has 0 radical (unpaired) electrons. The number of aliphatic carboxylic acids is 1.